The standard InChI is InChI=1S/C16H24N2O4S/c1-16(13-18(11-12-22-16)23(2,20)21)15(19)17-10-6-9-14-7-4-3-5-8-14/h3-5,7-8H,6,9-13H2,1-2H3,(H,17,19). The Morgan fingerprint density at radius 1 is 1.35 bits per heavy atom. The number of hydrogen-bond donors (Lipinski definition) is 1. The van der Waals surface area contributed by atoms with Gasteiger partial charge in [-0.25, -0.2) is 8.42 Å². The molecule has 0 radical (unpaired) electrons. The van der Waals surface area contributed by atoms with Crippen molar-refractivity contribution < 1.29 is 17.9 Å². The van der Waals surface area contributed by atoms with Crippen LogP contribution in [0, 0.1) is 0 Å². The lowest BCUT2D eigenvalue weighted by Gasteiger charge is -2.37. The first-order valence-corrected chi connectivity index (χ1v) is 9.57. The minimum absolute atomic E-state index is 0.0519. The summed E-state index contributed by atoms with van der Waals surface area (Å²) >= 11 is 0. The third-order valence-electron chi connectivity index (χ3n) is 3.96. The first-order valence-electron chi connectivity index (χ1n) is 7.72. The smallest absolute Gasteiger partial charge is 0.253 e. The lowest BCUT2D eigenvalue weighted by Crippen LogP contribution is -2.59. The average molecular weight is 340 g/mol. The number of sulfonamides is 1. The highest BCUT2D eigenvalue weighted by molar-refractivity contribution is 7.88. The van der Waals surface area contributed by atoms with Gasteiger partial charge in [-0.1, -0.05) is 30.3 Å². The maximum Gasteiger partial charge on any atom is 0.253 e. The van der Waals surface area contributed by atoms with Crippen LogP contribution in [-0.2, 0) is 26.0 Å². The molecule has 6 nitrogen and oxygen atoms in total. The molecule has 1 N–H and O–H groups in total. The van der Waals surface area contributed by atoms with Crippen molar-refractivity contribution in [3.8, 4) is 0 Å². The largest absolute Gasteiger partial charge is 0.363 e. The van der Waals surface area contributed by atoms with Crippen LogP contribution < -0.4 is 5.32 Å². The van der Waals surface area contributed by atoms with Gasteiger partial charge in [-0.15, -0.1) is 0 Å². The quantitative estimate of drug-likeness (QED) is 0.777. The zero-order chi connectivity index (χ0) is 16.9. The van der Waals surface area contributed by atoms with E-state index in [2.05, 4.69) is 17.4 Å². The van der Waals surface area contributed by atoms with Crippen LogP contribution in [0.5, 0.6) is 0 Å². The lowest BCUT2D eigenvalue weighted by molar-refractivity contribution is -0.152. The summed E-state index contributed by atoms with van der Waals surface area (Å²) < 4.78 is 30.1. The maximum absolute atomic E-state index is 12.3. The van der Waals surface area contributed by atoms with E-state index in [1.807, 2.05) is 18.2 Å². The molecule has 0 aliphatic carbocycles. The van der Waals surface area contributed by atoms with E-state index >= 15 is 0 Å². The van der Waals surface area contributed by atoms with E-state index in [4.69, 9.17) is 4.74 Å². The molecule has 1 aromatic rings. The Kier molecular flexibility index (Phi) is 5.78. The molecule has 7 heteroatoms. The summed E-state index contributed by atoms with van der Waals surface area (Å²) in [4.78, 5) is 12.3. The fourth-order valence-corrected chi connectivity index (χ4v) is 3.47. The molecule has 0 spiro atoms. The lowest BCUT2D eigenvalue weighted by atomic mass is 10.0. The SMILES string of the molecule is CC1(C(=O)NCCCc2ccccc2)CN(S(C)(=O)=O)CCO1. The van der Waals surface area contributed by atoms with Gasteiger partial charge in [-0.2, -0.15) is 4.31 Å². The van der Waals surface area contributed by atoms with Crippen LogP contribution in [0.4, 0.5) is 0 Å². The summed E-state index contributed by atoms with van der Waals surface area (Å²) in [6.45, 7) is 2.73. The molecule has 2 rings (SSSR count). The Morgan fingerprint density at radius 3 is 2.70 bits per heavy atom. The second kappa shape index (κ2) is 7.42. The molecule has 1 aliphatic heterocycles. The van der Waals surface area contributed by atoms with Crippen LogP contribution in [0.2, 0.25) is 0 Å². The van der Waals surface area contributed by atoms with Gasteiger partial charge >= 0.3 is 0 Å². The number of amides is 1. The first kappa shape index (κ1) is 17.9. The number of carbonyl (C=O) groups is 1. The van der Waals surface area contributed by atoms with Gasteiger partial charge in [0.05, 0.1) is 19.4 Å². The number of hydrogen-bond acceptors (Lipinski definition) is 4. The van der Waals surface area contributed by atoms with E-state index in [0.29, 0.717) is 6.54 Å². The number of ether oxygens (including phenoxy) is 1. The minimum atomic E-state index is -3.32. The van der Waals surface area contributed by atoms with Gasteiger partial charge in [0, 0.05) is 13.1 Å². The molecule has 128 valence electrons. The predicted molar refractivity (Wildman–Crippen MR) is 88.5 cm³/mol. The van der Waals surface area contributed by atoms with Crippen LogP contribution in [-0.4, -0.2) is 56.7 Å². The Balaban J connectivity index is 1.82. The van der Waals surface area contributed by atoms with Crippen molar-refractivity contribution in [2.75, 3.05) is 32.5 Å². The summed E-state index contributed by atoms with van der Waals surface area (Å²) in [5, 5.41) is 2.85. The van der Waals surface area contributed by atoms with Gasteiger partial charge in [0.2, 0.25) is 10.0 Å². The highest BCUT2D eigenvalue weighted by atomic mass is 32.2. The number of nitrogens with one attached hydrogen (secondary N) is 1. The van der Waals surface area contributed by atoms with Gasteiger partial charge in [0.25, 0.3) is 5.91 Å². The van der Waals surface area contributed by atoms with Crippen molar-refractivity contribution in [2.24, 2.45) is 0 Å². The molecule has 1 aliphatic rings. The summed E-state index contributed by atoms with van der Waals surface area (Å²) in [6, 6.07) is 10.1. The molecular formula is C16H24N2O4S. The number of morpholine rings is 1. The van der Waals surface area contributed by atoms with Crippen LogP contribution in [0.3, 0.4) is 0 Å². The number of rotatable bonds is 6. The third kappa shape index (κ3) is 5.02. The molecular weight excluding hydrogens is 316 g/mol. The summed E-state index contributed by atoms with van der Waals surface area (Å²) in [5.41, 5.74) is 0.0961. The zero-order valence-corrected chi connectivity index (χ0v) is 14.4. The van der Waals surface area contributed by atoms with Crippen molar-refractivity contribution in [2.45, 2.75) is 25.4 Å². The van der Waals surface area contributed by atoms with Crippen molar-refractivity contribution >= 4 is 15.9 Å². The summed E-state index contributed by atoms with van der Waals surface area (Å²) in [7, 11) is -3.32. The van der Waals surface area contributed by atoms with Crippen molar-refractivity contribution in [3.63, 3.8) is 0 Å². The fourth-order valence-electron chi connectivity index (χ4n) is 2.58. The van der Waals surface area contributed by atoms with Crippen LogP contribution >= 0.6 is 0 Å². The van der Waals surface area contributed by atoms with Gasteiger partial charge in [-0.3, -0.25) is 4.79 Å². The molecule has 0 aromatic heterocycles. The molecule has 23 heavy (non-hydrogen) atoms. The average Bonchev–Trinajstić information content (AvgIpc) is 2.51. The molecule has 1 saturated heterocycles. The Labute approximate surface area is 137 Å². The van der Waals surface area contributed by atoms with Crippen molar-refractivity contribution in [3.05, 3.63) is 35.9 Å². The predicted octanol–water partition coefficient (Wildman–Crippen LogP) is 0.786. The van der Waals surface area contributed by atoms with E-state index in [-0.39, 0.29) is 25.6 Å². The molecule has 0 saturated carbocycles. The van der Waals surface area contributed by atoms with Crippen LogP contribution in [0.25, 0.3) is 0 Å². The van der Waals surface area contributed by atoms with E-state index < -0.39 is 15.6 Å². The van der Waals surface area contributed by atoms with Crippen molar-refractivity contribution in [1.82, 2.24) is 9.62 Å². The van der Waals surface area contributed by atoms with Gasteiger partial charge in [0.15, 0.2) is 5.60 Å². The number of nitrogens with zero attached hydrogens (tertiary/aromatic N) is 1. The van der Waals surface area contributed by atoms with Gasteiger partial charge < -0.3 is 10.1 Å². The van der Waals surface area contributed by atoms with Crippen LogP contribution in [0.15, 0.2) is 30.3 Å². The van der Waals surface area contributed by atoms with Crippen molar-refractivity contribution in [1.29, 1.82) is 0 Å². The third-order valence-corrected chi connectivity index (χ3v) is 5.21. The van der Waals surface area contributed by atoms with E-state index in [9.17, 15) is 13.2 Å². The second-order valence-corrected chi connectivity index (χ2v) is 8.00. The molecule has 1 fully saturated rings. The second-order valence-electron chi connectivity index (χ2n) is 6.02. The topological polar surface area (TPSA) is 75.7 Å². The van der Waals surface area contributed by atoms with Gasteiger partial charge in [-0.05, 0) is 25.3 Å². The molecule has 1 aromatic carbocycles. The monoisotopic (exact) mass is 340 g/mol. The molecule has 1 unspecified atom stereocenters. The van der Waals surface area contributed by atoms with E-state index in [1.165, 1.54) is 9.87 Å². The highest BCUT2D eigenvalue weighted by Gasteiger charge is 2.41. The number of benzene rings is 1. The minimum Gasteiger partial charge on any atom is -0.363 e. The zero-order valence-electron chi connectivity index (χ0n) is 13.6. The fraction of sp³-hybridized carbons (Fsp3) is 0.562. The number of carbonyl (C=O) groups excluding carboxylic acids is 1. The molecule has 1 heterocycles. The molecule has 1 amide bonds. The Hall–Kier alpha value is -1.44. The van der Waals surface area contributed by atoms with Crippen LogP contribution in [0.1, 0.15) is 18.9 Å². The highest BCUT2D eigenvalue weighted by Crippen LogP contribution is 2.19. The molecule has 0 bridgehead atoms. The molecule has 1 atom stereocenters. The summed E-state index contributed by atoms with van der Waals surface area (Å²) in [5.74, 6) is -0.265. The normalized spacial score (nSPS) is 22.7. The number of aryl methyl sites for hydroxylation is 1. The Bertz CT molecular complexity index is 633. The summed E-state index contributed by atoms with van der Waals surface area (Å²) in [6.07, 6.45) is 2.85. The first-order chi connectivity index (χ1) is 10.8. The van der Waals surface area contributed by atoms with E-state index in [1.54, 1.807) is 6.92 Å². The van der Waals surface area contributed by atoms with E-state index in [0.717, 1.165) is 19.1 Å². The van der Waals surface area contributed by atoms with Gasteiger partial charge in [0.1, 0.15) is 0 Å². The Morgan fingerprint density at radius 2 is 2.04 bits per heavy atom. The maximum atomic E-state index is 12.3.